The molecule has 0 spiro atoms. The first-order chi connectivity index (χ1) is 6.51. The quantitative estimate of drug-likeness (QED) is 0.665. The molecule has 0 unspecified atom stereocenters. The highest BCUT2D eigenvalue weighted by Crippen LogP contribution is 2.35. The van der Waals surface area contributed by atoms with Crippen LogP contribution < -0.4 is 0 Å². The van der Waals surface area contributed by atoms with Crippen LogP contribution in [0.25, 0.3) is 0 Å². The summed E-state index contributed by atoms with van der Waals surface area (Å²) in [6.07, 6.45) is 7.28. The van der Waals surface area contributed by atoms with Gasteiger partial charge in [-0.2, -0.15) is 0 Å². The summed E-state index contributed by atoms with van der Waals surface area (Å²) in [5, 5.41) is 0. The lowest BCUT2D eigenvalue weighted by molar-refractivity contribution is 0.0140. The van der Waals surface area contributed by atoms with Gasteiger partial charge in [0, 0.05) is 6.61 Å². The van der Waals surface area contributed by atoms with E-state index in [1.165, 1.54) is 32.1 Å². The molecule has 1 rings (SSSR count). The zero-order valence-electron chi connectivity index (χ0n) is 10.3. The molecule has 1 heteroatoms. The third kappa shape index (κ3) is 4.45. The Hall–Kier alpha value is -0.0400. The molecule has 0 saturated heterocycles. The number of hydrogen-bond acceptors (Lipinski definition) is 1. The Bertz CT molecular complexity index is 155. The van der Waals surface area contributed by atoms with Gasteiger partial charge in [-0.15, -0.1) is 0 Å². The average molecular weight is 198 g/mol. The standard InChI is InChI=1S/C13H26O/c1-5-14-12-8-6-7-11(9-12)10-13(2,3)4/h11-12H,5-10H2,1-4H3/t11-,12-/m0/s1. The van der Waals surface area contributed by atoms with Crippen LogP contribution in [0.2, 0.25) is 0 Å². The van der Waals surface area contributed by atoms with Crippen molar-refractivity contribution in [3.8, 4) is 0 Å². The van der Waals surface area contributed by atoms with Crippen LogP contribution in [0, 0.1) is 11.3 Å². The number of ether oxygens (including phenoxy) is 1. The van der Waals surface area contributed by atoms with Gasteiger partial charge in [-0.3, -0.25) is 0 Å². The van der Waals surface area contributed by atoms with Crippen molar-refractivity contribution in [2.45, 2.75) is 65.9 Å². The molecule has 1 aliphatic rings. The van der Waals surface area contributed by atoms with E-state index in [0.717, 1.165) is 12.5 Å². The van der Waals surface area contributed by atoms with Crippen molar-refractivity contribution >= 4 is 0 Å². The summed E-state index contributed by atoms with van der Waals surface area (Å²) < 4.78 is 5.73. The Balaban J connectivity index is 2.32. The lowest BCUT2D eigenvalue weighted by atomic mass is 9.77. The summed E-state index contributed by atoms with van der Waals surface area (Å²) in [6, 6.07) is 0. The van der Waals surface area contributed by atoms with Crippen LogP contribution in [-0.4, -0.2) is 12.7 Å². The van der Waals surface area contributed by atoms with Crippen LogP contribution in [0.4, 0.5) is 0 Å². The maximum atomic E-state index is 5.73. The second-order valence-corrected chi connectivity index (χ2v) is 5.87. The molecule has 0 amide bonds. The van der Waals surface area contributed by atoms with Gasteiger partial charge in [0.2, 0.25) is 0 Å². The molecule has 14 heavy (non-hydrogen) atoms. The van der Waals surface area contributed by atoms with Crippen molar-refractivity contribution in [2.75, 3.05) is 6.61 Å². The molecule has 0 N–H and O–H groups in total. The topological polar surface area (TPSA) is 9.23 Å². The molecule has 1 aliphatic carbocycles. The van der Waals surface area contributed by atoms with Gasteiger partial charge in [0.15, 0.2) is 0 Å². The highest BCUT2D eigenvalue weighted by atomic mass is 16.5. The fourth-order valence-corrected chi connectivity index (χ4v) is 2.68. The first kappa shape index (κ1) is 12.0. The van der Waals surface area contributed by atoms with Crippen molar-refractivity contribution in [3.05, 3.63) is 0 Å². The third-order valence-corrected chi connectivity index (χ3v) is 3.04. The van der Waals surface area contributed by atoms with E-state index in [1.54, 1.807) is 0 Å². The maximum absolute atomic E-state index is 5.73. The van der Waals surface area contributed by atoms with Crippen molar-refractivity contribution in [3.63, 3.8) is 0 Å². The summed E-state index contributed by atoms with van der Waals surface area (Å²) in [5.41, 5.74) is 0.485. The second-order valence-electron chi connectivity index (χ2n) is 5.87. The fourth-order valence-electron chi connectivity index (χ4n) is 2.68. The van der Waals surface area contributed by atoms with Gasteiger partial charge in [-0.25, -0.2) is 0 Å². The molecule has 2 atom stereocenters. The van der Waals surface area contributed by atoms with Gasteiger partial charge in [-0.1, -0.05) is 33.6 Å². The van der Waals surface area contributed by atoms with Gasteiger partial charge in [0.25, 0.3) is 0 Å². The molecule has 0 bridgehead atoms. The lowest BCUT2D eigenvalue weighted by Gasteiger charge is -2.33. The molecule has 0 aromatic carbocycles. The molecule has 0 aromatic heterocycles. The van der Waals surface area contributed by atoms with E-state index in [-0.39, 0.29) is 0 Å². The Kier molecular flexibility index (Phi) is 4.43. The minimum atomic E-state index is 0.485. The third-order valence-electron chi connectivity index (χ3n) is 3.04. The van der Waals surface area contributed by atoms with E-state index < -0.39 is 0 Å². The van der Waals surface area contributed by atoms with Gasteiger partial charge in [0.1, 0.15) is 0 Å². The van der Waals surface area contributed by atoms with E-state index in [1.807, 2.05) is 0 Å². The molecule has 1 nitrogen and oxygen atoms in total. The molecule has 1 fully saturated rings. The molecular formula is C13H26O. The van der Waals surface area contributed by atoms with Crippen LogP contribution in [0.1, 0.15) is 59.8 Å². The largest absolute Gasteiger partial charge is 0.378 e. The molecule has 0 aromatic rings. The highest BCUT2D eigenvalue weighted by Gasteiger charge is 2.25. The Morgan fingerprint density at radius 1 is 1.21 bits per heavy atom. The first-order valence-corrected chi connectivity index (χ1v) is 6.13. The highest BCUT2D eigenvalue weighted by molar-refractivity contribution is 4.77. The lowest BCUT2D eigenvalue weighted by Crippen LogP contribution is -2.25. The van der Waals surface area contributed by atoms with Crippen LogP contribution in [0.5, 0.6) is 0 Å². The molecule has 0 heterocycles. The van der Waals surface area contributed by atoms with E-state index in [0.29, 0.717) is 11.5 Å². The van der Waals surface area contributed by atoms with Gasteiger partial charge >= 0.3 is 0 Å². The molecular weight excluding hydrogens is 172 g/mol. The zero-order valence-corrected chi connectivity index (χ0v) is 10.3. The summed E-state index contributed by atoms with van der Waals surface area (Å²) in [6.45, 7) is 10.0. The average Bonchev–Trinajstić information content (AvgIpc) is 2.02. The van der Waals surface area contributed by atoms with Crippen LogP contribution in [-0.2, 0) is 4.74 Å². The second kappa shape index (κ2) is 5.16. The van der Waals surface area contributed by atoms with Crippen molar-refractivity contribution < 1.29 is 4.74 Å². The Labute approximate surface area is 89.2 Å². The Morgan fingerprint density at radius 2 is 1.93 bits per heavy atom. The molecule has 0 aliphatic heterocycles. The van der Waals surface area contributed by atoms with Crippen LogP contribution in [0.3, 0.4) is 0 Å². The van der Waals surface area contributed by atoms with Gasteiger partial charge in [0.05, 0.1) is 6.10 Å². The molecule has 84 valence electrons. The van der Waals surface area contributed by atoms with Crippen molar-refractivity contribution in [1.29, 1.82) is 0 Å². The molecule has 1 saturated carbocycles. The SMILES string of the molecule is CCO[C@H]1CCC[C@H](CC(C)(C)C)C1. The van der Waals surface area contributed by atoms with E-state index in [2.05, 4.69) is 27.7 Å². The predicted molar refractivity (Wildman–Crippen MR) is 61.4 cm³/mol. The van der Waals surface area contributed by atoms with Crippen molar-refractivity contribution in [1.82, 2.24) is 0 Å². The normalized spacial score (nSPS) is 29.1. The monoisotopic (exact) mass is 198 g/mol. The van der Waals surface area contributed by atoms with E-state index >= 15 is 0 Å². The fraction of sp³-hybridized carbons (Fsp3) is 1.00. The minimum absolute atomic E-state index is 0.485. The number of hydrogen-bond donors (Lipinski definition) is 0. The van der Waals surface area contributed by atoms with E-state index in [9.17, 15) is 0 Å². The summed E-state index contributed by atoms with van der Waals surface area (Å²) in [4.78, 5) is 0. The van der Waals surface area contributed by atoms with E-state index in [4.69, 9.17) is 4.74 Å². The number of rotatable bonds is 3. The smallest absolute Gasteiger partial charge is 0.0577 e. The predicted octanol–water partition coefficient (Wildman–Crippen LogP) is 4.02. The molecule has 0 radical (unpaired) electrons. The summed E-state index contributed by atoms with van der Waals surface area (Å²) >= 11 is 0. The first-order valence-electron chi connectivity index (χ1n) is 6.13. The van der Waals surface area contributed by atoms with Gasteiger partial charge < -0.3 is 4.74 Å². The summed E-state index contributed by atoms with van der Waals surface area (Å²) in [5.74, 6) is 0.903. The van der Waals surface area contributed by atoms with Crippen LogP contribution in [0.15, 0.2) is 0 Å². The minimum Gasteiger partial charge on any atom is -0.378 e. The van der Waals surface area contributed by atoms with Crippen LogP contribution >= 0.6 is 0 Å². The zero-order chi connectivity index (χ0) is 10.6. The maximum Gasteiger partial charge on any atom is 0.0577 e. The summed E-state index contributed by atoms with van der Waals surface area (Å²) in [7, 11) is 0. The van der Waals surface area contributed by atoms with Crippen molar-refractivity contribution in [2.24, 2.45) is 11.3 Å². The Morgan fingerprint density at radius 3 is 2.50 bits per heavy atom. The van der Waals surface area contributed by atoms with Gasteiger partial charge in [-0.05, 0) is 37.5 Å².